The number of nitrogens with zero attached hydrogens (tertiary/aromatic N) is 1. The maximum atomic E-state index is 2.48. The van der Waals surface area contributed by atoms with E-state index in [1.54, 1.807) is 0 Å². The van der Waals surface area contributed by atoms with Crippen molar-refractivity contribution in [1.29, 1.82) is 0 Å². The highest BCUT2D eigenvalue weighted by Gasteiger charge is 2.46. The molecule has 1 nitrogen and oxygen atoms in total. The third kappa shape index (κ3) is 3.61. The van der Waals surface area contributed by atoms with Crippen LogP contribution in [0.3, 0.4) is 0 Å². The summed E-state index contributed by atoms with van der Waals surface area (Å²) >= 11 is 0. The molecular weight excluding hydrogens is 542 g/mol. The lowest BCUT2D eigenvalue weighted by atomic mass is 9.55. The van der Waals surface area contributed by atoms with Crippen LogP contribution in [0, 0.1) is 0 Å². The first kappa shape index (κ1) is 26.3. The molecule has 0 spiro atoms. The molecule has 0 unspecified atom stereocenters. The Morgan fingerprint density at radius 1 is 0.400 bits per heavy atom. The molecule has 1 aliphatic carbocycles. The van der Waals surface area contributed by atoms with E-state index >= 15 is 0 Å². The van der Waals surface area contributed by atoms with Crippen molar-refractivity contribution in [2.75, 3.05) is 0 Å². The number of hydrogen-bond acceptors (Lipinski definition) is 0. The predicted molar refractivity (Wildman–Crippen MR) is 193 cm³/mol. The minimum Gasteiger partial charge on any atom is -0.309 e. The molecule has 0 fully saturated rings. The number of benzene rings is 7. The summed E-state index contributed by atoms with van der Waals surface area (Å²) in [6.45, 7) is 9.73. The first-order valence-electron chi connectivity index (χ1n) is 16.0. The summed E-state index contributed by atoms with van der Waals surface area (Å²) < 4.78 is 2.48. The maximum Gasteiger partial charge on any atom is 0.0547 e. The Kier molecular flexibility index (Phi) is 5.37. The van der Waals surface area contributed by atoms with Crippen molar-refractivity contribution < 1.29 is 0 Å². The van der Waals surface area contributed by atoms with Crippen LogP contribution in [0.25, 0.3) is 71.3 Å². The second-order valence-corrected chi connectivity index (χ2v) is 13.8. The maximum absolute atomic E-state index is 2.48. The molecule has 0 N–H and O–H groups in total. The molecule has 1 aromatic heterocycles. The van der Waals surface area contributed by atoms with Gasteiger partial charge in [-0.3, -0.25) is 0 Å². The third-order valence-electron chi connectivity index (χ3n) is 11.1. The molecule has 216 valence electrons. The second-order valence-electron chi connectivity index (χ2n) is 13.8. The fourth-order valence-corrected chi connectivity index (χ4v) is 7.95. The molecule has 9 rings (SSSR count). The highest BCUT2D eigenvalue weighted by Crippen LogP contribution is 2.55. The Morgan fingerprint density at radius 2 is 1.07 bits per heavy atom. The van der Waals surface area contributed by atoms with Crippen molar-refractivity contribution in [3.8, 4) is 27.9 Å². The van der Waals surface area contributed by atoms with E-state index in [4.69, 9.17) is 0 Å². The number of aromatic nitrogens is 1. The van der Waals surface area contributed by atoms with Crippen LogP contribution < -0.4 is 0 Å². The smallest absolute Gasteiger partial charge is 0.0547 e. The van der Waals surface area contributed by atoms with E-state index in [1.807, 2.05) is 0 Å². The topological polar surface area (TPSA) is 4.93 Å². The van der Waals surface area contributed by atoms with Crippen LogP contribution in [-0.4, -0.2) is 4.57 Å². The Bertz CT molecular complexity index is 2470. The van der Waals surface area contributed by atoms with Gasteiger partial charge in [0.05, 0.1) is 11.0 Å². The minimum absolute atomic E-state index is 0.0743. The standard InChI is InChI=1S/C44H35N/c1-43(2)39-24-31-19-18-29-14-8-9-15-33(29)37(31)27-38(39)34-23-21-32(26-40(34)44(43,3)4)45-41-17-11-10-16-35(41)36-22-20-30(25-42(36)45)28-12-6-5-7-13-28/h5-27H,1-4H3. The molecule has 1 heteroatoms. The van der Waals surface area contributed by atoms with E-state index in [9.17, 15) is 0 Å². The first-order chi connectivity index (χ1) is 21.8. The van der Waals surface area contributed by atoms with Gasteiger partial charge in [-0.25, -0.2) is 0 Å². The summed E-state index contributed by atoms with van der Waals surface area (Å²) in [5.41, 5.74) is 11.5. The van der Waals surface area contributed by atoms with Gasteiger partial charge < -0.3 is 4.57 Å². The van der Waals surface area contributed by atoms with Gasteiger partial charge in [0.15, 0.2) is 0 Å². The van der Waals surface area contributed by atoms with Gasteiger partial charge in [0.25, 0.3) is 0 Å². The molecule has 1 heterocycles. The summed E-state index contributed by atoms with van der Waals surface area (Å²) in [5.74, 6) is 0. The highest BCUT2D eigenvalue weighted by atomic mass is 15.0. The van der Waals surface area contributed by atoms with E-state index < -0.39 is 0 Å². The van der Waals surface area contributed by atoms with Crippen LogP contribution in [-0.2, 0) is 10.8 Å². The molecule has 7 aromatic carbocycles. The minimum atomic E-state index is -0.0934. The Morgan fingerprint density at radius 3 is 1.89 bits per heavy atom. The normalized spacial score (nSPS) is 15.0. The molecule has 1 aliphatic rings. The van der Waals surface area contributed by atoms with E-state index in [2.05, 4.69) is 172 Å². The average molecular weight is 578 g/mol. The van der Waals surface area contributed by atoms with Gasteiger partial charge in [0, 0.05) is 16.5 Å². The van der Waals surface area contributed by atoms with Crippen molar-refractivity contribution >= 4 is 43.4 Å². The zero-order valence-electron chi connectivity index (χ0n) is 26.2. The first-order valence-corrected chi connectivity index (χ1v) is 16.0. The van der Waals surface area contributed by atoms with Gasteiger partial charge in [0.1, 0.15) is 0 Å². The molecule has 0 aliphatic heterocycles. The lowest BCUT2D eigenvalue weighted by Crippen LogP contribution is -2.43. The lowest BCUT2D eigenvalue weighted by molar-refractivity contribution is 0.299. The monoisotopic (exact) mass is 577 g/mol. The second kappa shape index (κ2) is 9.19. The van der Waals surface area contributed by atoms with Crippen LogP contribution in [0.1, 0.15) is 38.8 Å². The fraction of sp³-hybridized carbons (Fsp3) is 0.136. The number of fused-ring (bicyclic) bond motifs is 9. The van der Waals surface area contributed by atoms with Crippen molar-refractivity contribution in [3.63, 3.8) is 0 Å². The lowest BCUT2D eigenvalue weighted by Gasteiger charge is -2.48. The molecule has 0 saturated carbocycles. The number of hydrogen-bond donors (Lipinski definition) is 0. The van der Waals surface area contributed by atoms with Gasteiger partial charge >= 0.3 is 0 Å². The summed E-state index contributed by atoms with van der Waals surface area (Å²) in [6, 6.07) is 51.9. The molecule has 8 aromatic rings. The zero-order chi connectivity index (χ0) is 30.5. The Labute approximate surface area is 264 Å². The fourth-order valence-electron chi connectivity index (χ4n) is 7.95. The quantitative estimate of drug-likeness (QED) is 0.180. The van der Waals surface area contributed by atoms with Crippen LogP contribution >= 0.6 is 0 Å². The average Bonchev–Trinajstić information content (AvgIpc) is 3.41. The van der Waals surface area contributed by atoms with Gasteiger partial charge in [-0.05, 0) is 102 Å². The summed E-state index contributed by atoms with van der Waals surface area (Å²) in [7, 11) is 0. The van der Waals surface area contributed by atoms with Crippen LogP contribution in [0.15, 0.2) is 140 Å². The number of rotatable bonds is 2. The zero-order valence-corrected chi connectivity index (χ0v) is 26.2. The largest absolute Gasteiger partial charge is 0.309 e. The molecule has 0 radical (unpaired) electrons. The molecule has 0 atom stereocenters. The van der Waals surface area contributed by atoms with Crippen molar-refractivity contribution in [3.05, 3.63) is 151 Å². The Hall–Kier alpha value is -5.14. The SMILES string of the molecule is CC1(C)c2cc(-n3c4ccccc4c4ccc(-c5ccccc5)cc43)ccc2-c2cc3c(ccc4ccccc43)cc2C1(C)C. The van der Waals surface area contributed by atoms with Crippen molar-refractivity contribution in [1.82, 2.24) is 4.57 Å². The summed E-state index contributed by atoms with van der Waals surface area (Å²) in [4.78, 5) is 0. The molecule has 0 saturated heterocycles. The van der Waals surface area contributed by atoms with Gasteiger partial charge in [-0.15, -0.1) is 0 Å². The van der Waals surface area contributed by atoms with Crippen LogP contribution in [0.4, 0.5) is 0 Å². The van der Waals surface area contributed by atoms with E-state index in [1.165, 1.54) is 82.4 Å². The van der Waals surface area contributed by atoms with Crippen LogP contribution in [0.5, 0.6) is 0 Å². The molecule has 0 bridgehead atoms. The molecular formula is C44H35N. The summed E-state index contributed by atoms with van der Waals surface area (Å²) in [5, 5.41) is 7.82. The van der Waals surface area contributed by atoms with E-state index in [-0.39, 0.29) is 10.8 Å². The van der Waals surface area contributed by atoms with Gasteiger partial charge in [0.2, 0.25) is 0 Å². The highest BCUT2D eigenvalue weighted by molar-refractivity contribution is 6.11. The third-order valence-corrected chi connectivity index (χ3v) is 11.1. The predicted octanol–water partition coefficient (Wildman–Crippen LogP) is 12.0. The van der Waals surface area contributed by atoms with E-state index in [0.717, 1.165) is 0 Å². The molecule has 45 heavy (non-hydrogen) atoms. The van der Waals surface area contributed by atoms with Crippen molar-refractivity contribution in [2.24, 2.45) is 0 Å². The number of para-hydroxylation sites is 1. The Balaban J connectivity index is 1.32. The summed E-state index contributed by atoms with van der Waals surface area (Å²) in [6.07, 6.45) is 0. The van der Waals surface area contributed by atoms with Crippen LogP contribution in [0.2, 0.25) is 0 Å². The van der Waals surface area contributed by atoms with Gasteiger partial charge in [-0.1, -0.05) is 131 Å². The van der Waals surface area contributed by atoms with Crippen molar-refractivity contribution in [2.45, 2.75) is 38.5 Å². The van der Waals surface area contributed by atoms with Gasteiger partial charge in [-0.2, -0.15) is 0 Å². The molecule has 0 amide bonds. The van der Waals surface area contributed by atoms with E-state index in [0.29, 0.717) is 0 Å².